The Balaban J connectivity index is 2.37. The largest absolute Gasteiger partial charge is 0.482 e. The van der Waals surface area contributed by atoms with Gasteiger partial charge in [0.1, 0.15) is 5.75 Å². The van der Waals surface area contributed by atoms with Crippen molar-refractivity contribution in [3.05, 3.63) is 24.0 Å². The van der Waals surface area contributed by atoms with Crippen molar-refractivity contribution in [2.45, 2.75) is 39.3 Å². The molecule has 0 aliphatic heterocycles. The average molecular weight is 265 g/mol. The van der Waals surface area contributed by atoms with Crippen molar-refractivity contribution < 1.29 is 9.53 Å². The Morgan fingerprint density at radius 3 is 2.63 bits per heavy atom. The zero-order valence-corrected chi connectivity index (χ0v) is 11.9. The third kappa shape index (κ3) is 5.70. The zero-order valence-electron chi connectivity index (χ0n) is 11.9. The average Bonchev–Trinajstić information content (AvgIpc) is 2.44. The monoisotopic (exact) mass is 265 g/mol. The molecule has 0 radical (unpaired) electrons. The van der Waals surface area contributed by atoms with Crippen LogP contribution in [0.4, 0.5) is 0 Å². The van der Waals surface area contributed by atoms with Crippen molar-refractivity contribution in [1.29, 1.82) is 0 Å². The van der Waals surface area contributed by atoms with E-state index in [2.05, 4.69) is 29.5 Å². The van der Waals surface area contributed by atoms with Crippen LogP contribution in [0.3, 0.4) is 0 Å². The molecule has 1 amide bonds. The Hall–Kier alpha value is -1.62. The number of amides is 1. The number of nitrogens with one attached hydrogen (secondary N) is 2. The second kappa shape index (κ2) is 8.48. The van der Waals surface area contributed by atoms with Crippen LogP contribution in [-0.2, 0) is 11.3 Å². The molecular weight excluding hydrogens is 242 g/mol. The van der Waals surface area contributed by atoms with E-state index in [0.29, 0.717) is 5.75 Å². The number of ether oxygens (including phenoxy) is 1. The fraction of sp³-hybridized carbons (Fsp3) is 0.571. The van der Waals surface area contributed by atoms with Gasteiger partial charge in [-0.05, 0) is 32.0 Å². The van der Waals surface area contributed by atoms with Gasteiger partial charge >= 0.3 is 0 Å². The van der Waals surface area contributed by atoms with Crippen molar-refractivity contribution >= 4 is 5.91 Å². The van der Waals surface area contributed by atoms with Crippen LogP contribution in [-0.4, -0.2) is 30.6 Å². The molecule has 2 N–H and O–H groups in total. The molecule has 0 unspecified atom stereocenters. The Morgan fingerprint density at radius 2 is 2.11 bits per heavy atom. The minimum atomic E-state index is -0.0898. The van der Waals surface area contributed by atoms with E-state index in [4.69, 9.17) is 4.74 Å². The maximum atomic E-state index is 11.6. The van der Waals surface area contributed by atoms with Gasteiger partial charge in [0.15, 0.2) is 6.61 Å². The first-order chi connectivity index (χ1) is 9.19. The molecule has 0 aromatic carbocycles. The fourth-order valence-electron chi connectivity index (χ4n) is 1.69. The molecule has 1 rings (SSSR count). The number of carbonyl (C=O) groups excluding carboxylic acids is 1. The number of nitrogens with zero attached hydrogens (tertiary/aromatic N) is 1. The number of hydrogen-bond acceptors (Lipinski definition) is 4. The molecular formula is C14H23N3O2. The lowest BCUT2D eigenvalue weighted by Gasteiger charge is -2.14. The smallest absolute Gasteiger partial charge is 0.258 e. The van der Waals surface area contributed by atoms with Gasteiger partial charge in [0, 0.05) is 12.6 Å². The maximum absolute atomic E-state index is 11.6. The quantitative estimate of drug-likeness (QED) is 0.747. The first kappa shape index (κ1) is 15.4. The highest BCUT2D eigenvalue weighted by Gasteiger charge is 2.08. The normalized spacial score (nSPS) is 10.5. The van der Waals surface area contributed by atoms with Gasteiger partial charge in [-0.15, -0.1) is 0 Å². The van der Waals surface area contributed by atoms with E-state index in [1.54, 1.807) is 6.20 Å². The van der Waals surface area contributed by atoms with Crippen molar-refractivity contribution in [2.75, 3.05) is 13.7 Å². The molecule has 1 aromatic heterocycles. The highest BCUT2D eigenvalue weighted by atomic mass is 16.5. The lowest BCUT2D eigenvalue weighted by molar-refractivity contribution is -0.123. The van der Waals surface area contributed by atoms with Crippen LogP contribution in [0.5, 0.6) is 5.75 Å². The predicted molar refractivity (Wildman–Crippen MR) is 75.0 cm³/mol. The van der Waals surface area contributed by atoms with E-state index >= 15 is 0 Å². The molecule has 0 atom stereocenters. The molecule has 0 bridgehead atoms. The molecule has 0 aliphatic carbocycles. The lowest BCUT2D eigenvalue weighted by atomic mass is 10.2. The van der Waals surface area contributed by atoms with Crippen LogP contribution < -0.4 is 15.4 Å². The van der Waals surface area contributed by atoms with Crippen molar-refractivity contribution in [3.63, 3.8) is 0 Å². The standard InChI is InChI=1S/C14H23N3O2/c1-4-11(5-2)17-14(18)10-19-13-7-6-12(8-15-3)16-9-13/h6-7,9,11,15H,4-5,8,10H2,1-3H3,(H,17,18). The summed E-state index contributed by atoms with van der Waals surface area (Å²) < 4.78 is 5.40. The van der Waals surface area contributed by atoms with Gasteiger partial charge in [0.05, 0.1) is 11.9 Å². The van der Waals surface area contributed by atoms with Crippen LogP contribution in [0, 0.1) is 0 Å². The SMILES string of the molecule is CCC(CC)NC(=O)COc1ccc(CNC)nc1. The lowest BCUT2D eigenvalue weighted by Crippen LogP contribution is -2.37. The van der Waals surface area contributed by atoms with Crippen LogP contribution in [0.1, 0.15) is 32.4 Å². The molecule has 1 aromatic rings. The fourth-order valence-corrected chi connectivity index (χ4v) is 1.69. The third-order valence-corrected chi connectivity index (χ3v) is 2.88. The Bertz CT molecular complexity index is 375. The molecule has 19 heavy (non-hydrogen) atoms. The summed E-state index contributed by atoms with van der Waals surface area (Å²) in [4.78, 5) is 15.9. The minimum Gasteiger partial charge on any atom is -0.482 e. The number of carbonyl (C=O) groups is 1. The van der Waals surface area contributed by atoms with Gasteiger partial charge in [-0.3, -0.25) is 9.78 Å². The Kier molecular flexibility index (Phi) is 6.89. The summed E-state index contributed by atoms with van der Waals surface area (Å²) in [5.74, 6) is 0.521. The molecule has 1 heterocycles. The Labute approximate surface area is 114 Å². The van der Waals surface area contributed by atoms with Crippen LogP contribution in [0.25, 0.3) is 0 Å². The predicted octanol–water partition coefficient (Wildman–Crippen LogP) is 1.48. The molecule has 106 valence electrons. The first-order valence-corrected chi connectivity index (χ1v) is 6.71. The number of aromatic nitrogens is 1. The van der Waals surface area contributed by atoms with Gasteiger partial charge in [-0.25, -0.2) is 0 Å². The summed E-state index contributed by atoms with van der Waals surface area (Å²) in [7, 11) is 1.87. The van der Waals surface area contributed by atoms with Gasteiger partial charge in [-0.2, -0.15) is 0 Å². The number of hydrogen-bond donors (Lipinski definition) is 2. The molecule has 0 saturated heterocycles. The van der Waals surface area contributed by atoms with Crippen LogP contribution >= 0.6 is 0 Å². The van der Waals surface area contributed by atoms with Crippen molar-refractivity contribution in [1.82, 2.24) is 15.6 Å². The molecule has 0 spiro atoms. The molecule has 0 aliphatic rings. The molecule has 5 heteroatoms. The summed E-state index contributed by atoms with van der Waals surface area (Å²) in [6.45, 7) is 4.86. The summed E-state index contributed by atoms with van der Waals surface area (Å²) in [6, 6.07) is 3.93. The van der Waals surface area contributed by atoms with E-state index in [1.165, 1.54) is 0 Å². The van der Waals surface area contributed by atoms with Gasteiger partial charge in [0.25, 0.3) is 5.91 Å². The minimum absolute atomic E-state index is 0.0313. The Morgan fingerprint density at radius 1 is 1.37 bits per heavy atom. The summed E-state index contributed by atoms with van der Waals surface area (Å²) in [5.41, 5.74) is 0.941. The first-order valence-electron chi connectivity index (χ1n) is 6.71. The molecule has 5 nitrogen and oxygen atoms in total. The van der Waals surface area contributed by atoms with Crippen molar-refractivity contribution in [2.24, 2.45) is 0 Å². The second-order valence-corrected chi connectivity index (χ2v) is 4.39. The van der Waals surface area contributed by atoms with Gasteiger partial charge in [-0.1, -0.05) is 13.8 Å². The summed E-state index contributed by atoms with van der Waals surface area (Å²) in [6.07, 6.45) is 3.50. The number of pyridine rings is 1. The number of rotatable bonds is 8. The summed E-state index contributed by atoms with van der Waals surface area (Å²) in [5, 5.41) is 5.94. The van der Waals surface area contributed by atoms with E-state index in [1.807, 2.05) is 19.2 Å². The van der Waals surface area contributed by atoms with Crippen LogP contribution in [0.15, 0.2) is 18.3 Å². The third-order valence-electron chi connectivity index (χ3n) is 2.88. The van der Waals surface area contributed by atoms with Gasteiger partial charge < -0.3 is 15.4 Å². The van der Waals surface area contributed by atoms with Gasteiger partial charge in [0.2, 0.25) is 0 Å². The molecule has 0 fully saturated rings. The molecule has 0 saturated carbocycles. The maximum Gasteiger partial charge on any atom is 0.258 e. The zero-order chi connectivity index (χ0) is 14.1. The van der Waals surface area contributed by atoms with Crippen LogP contribution in [0.2, 0.25) is 0 Å². The highest BCUT2D eigenvalue weighted by Crippen LogP contribution is 2.08. The highest BCUT2D eigenvalue weighted by molar-refractivity contribution is 5.77. The van der Waals surface area contributed by atoms with E-state index in [9.17, 15) is 4.79 Å². The topological polar surface area (TPSA) is 63.2 Å². The van der Waals surface area contributed by atoms with E-state index in [0.717, 1.165) is 25.1 Å². The van der Waals surface area contributed by atoms with E-state index in [-0.39, 0.29) is 18.6 Å². The van der Waals surface area contributed by atoms with E-state index < -0.39 is 0 Å². The van der Waals surface area contributed by atoms with Crippen molar-refractivity contribution in [3.8, 4) is 5.75 Å². The second-order valence-electron chi connectivity index (χ2n) is 4.39. The summed E-state index contributed by atoms with van der Waals surface area (Å²) >= 11 is 0.